The first-order valence-electron chi connectivity index (χ1n) is 6.92. The molecule has 0 spiro atoms. The maximum atomic E-state index is 12.4. The normalized spacial score (nSPS) is 17.6. The highest BCUT2D eigenvalue weighted by molar-refractivity contribution is 7.09. The third-order valence-electron chi connectivity index (χ3n) is 3.75. The Bertz CT molecular complexity index is 627. The van der Waals surface area contributed by atoms with Crippen molar-refractivity contribution in [3.05, 3.63) is 45.4 Å². The summed E-state index contributed by atoms with van der Waals surface area (Å²) in [4.78, 5) is 18.0. The van der Waals surface area contributed by atoms with E-state index in [1.807, 2.05) is 31.5 Å². The van der Waals surface area contributed by atoms with E-state index in [2.05, 4.69) is 16.4 Å². The van der Waals surface area contributed by atoms with E-state index < -0.39 is 0 Å². The number of carbonyl (C=O) groups excluding carboxylic acids is 1. The fraction of sp³-hybridized carbons (Fsp3) is 0.375. The van der Waals surface area contributed by atoms with Crippen LogP contribution in [0.15, 0.2) is 23.7 Å². The van der Waals surface area contributed by atoms with E-state index in [0.717, 1.165) is 24.9 Å². The van der Waals surface area contributed by atoms with Crippen molar-refractivity contribution in [3.8, 4) is 0 Å². The topological polar surface area (TPSA) is 42.0 Å². The van der Waals surface area contributed by atoms with Gasteiger partial charge in [0.05, 0.1) is 11.2 Å². The van der Waals surface area contributed by atoms with Gasteiger partial charge in [-0.2, -0.15) is 0 Å². The van der Waals surface area contributed by atoms with Crippen molar-refractivity contribution in [1.82, 2.24) is 4.98 Å². The minimum Gasteiger partial charge on any atom is -0.326 e. The Kier molecular flexibility index (Phi) is 3.57. The summed E-state index contributed by atoms with van der Waals surface area (Å²) in [5.74, 6) is 0.206. The number of hydrogen-bond acceptors (Lipinski definition) is 3. The van der Waals surface area contributed by atoms with Crippen LogP contribution >= 0.6 is 11.3 Å². The summed E-state index contributed by atoms with van der Waals surface area (Å²) in [5, 5.41) is 3.06. The standard InChI is InChI=1S/C16H18N2OS/c1-10-5-11(2)7-13(6-10)18-16(19)12-3-4-14-15(8-12)20-9-17-14/h5-7,9,12H,3-4,8H2,1-2H3,(H,18,19). The van der Waals surface area contributed by atoms with Gasteiger partial charge in [0.15, 0.2) is 0 Å². The second-order valence-electron chi connectivity index (χ2n) is 5.53. The quantitative estimate of drug-likeness (QED) is 0.918. The Morgan fingerprint density at radius 3 is 2.80 bits per heavy atom. The van der Waals surface area contributed by atoms with E-state index in [4.69, 9.17) is 0 Å². The van der Waals surface area contributed by atoms with E-state index in [1.165, 1.54) is 21.7 Å². The Labute approximate surface area is 123 Å². The summed E-state index contributed by atoms with van der Waals surface area (Å²) in [6.45, 7) is 4.10. The number of hydrogen-bond donors (Lipinski definition) is 1. The van der Waals surface area contributed by atoms with Crippen LogP contribution in [-0.2, 0) is 17.6 Å². The molecule has 1 aliphatic carbocycles. The molecule has 0 radical (unpaired) electrons. The largest absolute Gasteiger partial charge is 0.326 e. The number of benzene rings is 1. The van der Waals surface area contributed by atoms with Crippen LogP contribution in [-0.4, -0.2) is 10.9 Å². The van der Waals surface area contributed by atoms with E-state index in [9.17, 15) is 4.79 Å². The number of nitrogens with one attached hydrogen (secondary N) is 1. The average molecular weight is 286 g/mol. The molecule has 1 amide bonds. The Morgan fingerprint density at radius 2 is 2.05 bits per heavy atom. The second kappa shape index (κ2) is 5.37. The first-order chi connectivity index (χ1) is 9.61. The number of rotatable bonds is 2. The van der Waals surface area contributed by atoms with Gasteiger partial charge in [0, 0.05) is 16.5 Å². The van der Waals surface area contributed by atoms with Gasteiger partial charge in [-0.1, -0.05) is 6.07 Å². The number of aromatic nitrogens is 1. The summed E-state index contributed by atoms with van der Waals surface area (Å²) < 4.78 is 0. The molecule has 1 atom stereocenters. The highest BCUT2D eigenvalue weighted by Crippen LogP contribution is 2.28. The fourth-order valence-corrected chi connectivity index (χ4v) is 3.71. The summed E-state index contributed by atoms with van der Waals surface area (Å²) in [6.07, 6.45) is 2.65. The van der Waals surface area contributed by atoms with Crippen LogP contribution in [0.1, 0.15) is 28.1 Å². The molecular formula is C16H18N2OS. The molecule has 2 aromatic rings. The predicted octanol–water partition coefficient (Wildman–Crippen LogP) is 3.50. The number of thiazole rings is 1. The zero-order valence-corrected chi connectivity index (χ0v) is 12.6. The van der Waals surface area contributed by atoms with Crippen LogP contribution in [0.5, 0.6) is 0 Å². The molecule has 104 valence electrons. The Morgan fingerprint density at radius 1 is 1.30 bits per heavy atom. The molecule has 1 unspecified atom stereocenters. The molecule has 3 rings (SSSR count). The van der Waals surface area contributed by atoms with Crippen molar-refractivity contribution in [2.45, 2.75) is 33.1 Å². The van der Waals surface area contributed by atoms with Crippen LogP contribution in [0.4, 0.5) is 5.69 Å². The van der Waals surface area contributed by atoms with E-state index >= 15 is 0 Å². The van der Waals surface area contributed by atoms with Crippen LogP contribution in [0.2, 0.25) is 0 Å². The maximum absolute atomic E-state index is 12.4. The molecule has 1 aromatic carbocycles. The lowest BCUT2D eigenvalue weighted by molar-refractivity contribution is -0.120. The van der Waals surface area contributed by atoms with Crippen molar-refractivity contribution in [2.24, 2.45) is 5.92 Å². The van der Waals surface area contributed by atoms with Gasteiger partial charge < -0.3 is 5.32 Å². The lowest BCUT2D eigenvalue weighted by Gasteiger charge is -2.20. The number of aryl methyl sites for hydroxylation is 3. The van der Waals surface area contributed by atoms with Gasteiger partial charge in [-0.25, -0.2) is 4.98 Å². The molecule has 4 heteroatoms. The monoisotopic (exact) mass is 286 g/mol. The lowest BCUT2D eigenvalue weighted by Crippen LogP contribution is -2.27. The summed E-state index contributed by atoms with van der Waals surface area (Å²) in [6, 6.07) is 6.15. The smallest absolute Gasteiger partial charge is 0.227 e. The van der Waals surface area contributed by atoms with Gasteiger partial charge in [0.2, 0.25) is 5.91 Å². The molecule has 20 heavy (non-hydrogen) atoms. The second-order valence-corrected chi connectivity index (χ2v) is 6.47. The Balaban J connectivity index is 1.71. The number of nitrogens with zero attached hydrogens (tertiary/aromatic N) is 1. The van der Waals surface area contributed by atoms with Gasteiger partial charge in [-0.15, -0.1) is 11.3 Å². The number of carbonyl (C=O) groups is 1. The third-order valence-corrected chi connectivity index (χ3v) is 4.64. The molecule has 0 aliphatic heterocycles. The highest BCUT2D eigenvalue weighted by Gasteiger charge is 2.26. The molecule has 0 bridgehead atoms. The number of fused-ring (bicyclic) bond motifs is 1. The summed E-state index contributed by atoms with van der Waals surface area (Å²) >= 11 is 1.67. The lowest BCUT2D eigenvalue weighted by atomic mass is 9.90. The van der Waals surface area contributed by atoms with Crippen LogP contribution in [0, 0.1) is 19.8 Å². The van der Waals surface area contributed by atoms with Crippen molar-refractivity contribution in [2.75, 3.05) is 5.32 Å². The van der Waals surface area contributed by atoms with Crippen LogP contribution in [0.25, 0.3) is 0 Å². The zero-order valence-electron chi connectivity index (χ0n) is 11.8. The van der Waals surface area contributed by atoms with E-state index in [0.29, 0.717) is 0 Å². The molecule has 1 heterocycles. The minimum absolute atomic E-state index is 0.0729. The molecule has 0 saturated heterocycles. The zero-order chi connectivity index (χ0) is 14.1. The van der Waals surface area contributed by atoms with Gasteiger partial charge >= 0.3 is 0 Å². The summed E-state index contributed by atoms with van der Waals surface area (Å²) in [5.41, 5.74) is 6.32. The predicted molar refractivity (Wildman–Crippen MR) is 82.2 cm³/mol. The van der Waals surface area contributed by atoms with Crippen LogP contribution < -0.4 is 5.32 Å². The number of amides is 1. The van der Waals surface area contributed by atoms with Crippen molar-refractivity contribution in [3.63, 3.8) is 0 Å². The Hall–Kier alpha value is -1.68. The molecule has 1 N–H and O–H groups in total. The third kappa shape index (κ3) is 2.75. The summed E-state index contributed by atoms with van der Waals surface area (Å²) in [7, 11) is 0. The van der Waals surface area contributed by atoms with Gasteiger partial charge in [-0.3, -0.25) is 4.79 Å². The van der Waals surface area contributed by atoms with Crippen molar-refractivity contribution < 1.29 is 4.79 Å². The van der Waals surface area contributed by atoms with Gasteiger partial charge in [0.25, 0.3) is 0 Å². The first kappa shape index (κ1) is 13.3. The van der Waals surface area contributed by atoms with E-state index in [-0.39, 0.29) is 11.8 Å². The maximum Gasteiger partial charge on any atom is 0.227 e. The fourth-order valence-electron chi connectivity index (χ4n) is 2.82. The molecule has 1 aliphatic rings. The molecular weight excluding hydrogens is 268 g/mol. The first-order valence-corrected chi connectivity index (χ1v) is 7.80. The van der Waals surface area contributed by atoms with E-state index in [1.54, 1.807) is 11.3 Å². The number of anilines is 1. The SMILES string of the molecule is Cc1cc(C)cc(NC(=O)C2CCc3ncsc3C2)c1. The van der Waals surface area contributed by atoms with Gasteiger partial charge in [0.1, 0.15) is 0 Å². The minimum atomic E-state index is 0.0729. The molecule has 0 fully saturated rings. The van der Waals surface area contributed by atoms with Crippen molar-refractivity contribution in [1.29, 1.82) is 0 Å². The molecule has 0 saturated carbocycles. The molecule has 3 nitrogen and oxygen atoms in total. The molecule has 1 aromatic heterocycles. The highest BCUT2D eigenvalue weighted by atomic mass is 32.1. The van der Waals surface area contributed by atoms with Crippen LogP contribution in [0.3, 0.4) is 0 Å². The van der Waals surface area contributed by atoms with Gasteiger partial charge in [-0.05, 0) is 56.4 Å². The average Bonchev–Trinajstić information content (AvgIpc) is 2.84. The van der Waals surface area contributed by atoms with Crippen molar-refractivity contribution >= 4 is 22.9 Å².